The third-order valence-corrected chi connectivity index (χ3v) is 5.32. The maximum absolute atomic E-state index is 12.0. The van der Waals surface area contributed by atoms with E-state index in [9.17, 15) is 4.79 Å². The van der Waals surface area contributed by atoms with Gasteiger partial charge in [0.25, 0.3) is 0 Å². The summed E-state index contributed by atoms with van der Waals surface area (Å²) in [5, 5.41) is 3.38. The van der Waals surface area contributed by atoms with Crippen molar-refractivity contribution in [1.29, 1.82) is 0 Å². The lowest BCUT2D eigenvalue weighted by atomic mass is 10.2. The lowest BCUT2D eigenvalue weighted by Gasteiger charge is -2.33. The van der Waals surface area contributed by atoms with Crippen molar-refractivity contribution < 1.29 is 4.79 Å². The number of benzene rings is 1. The minimum Gasteiger partial charge on any atom is -0.355 e. The van der Waals surface area contributed by atoms with E-state index in [1.165, 1.54) is 11.8 Å². The van der Waals surface area contributed by atoms with Gasteiger partial charge >= 0.3 is 0 Å². The van der Waals surface area contributed by atoms with Crippen molar-refractivity contribution >= 4 is 51.5 Å². The van der Waals surface area contributed by atoms with E-state index in [1.807, 2.05) is 25.1 Å². The summed E-state index contributed by atoms with van der Waals surface area (Å²) in [7, 11) is 2.10. The number of aryl methyl sites for hydroxylation is 1. The smallest absolute Gasteiger partial charge is 0.234 e. The number of piperazine rings is 1. The molecule has 0 unspecified atom stereocenters. The van der Waals surface area contributed by atoms with Crippen LogP contribution in [-0.2, 0) is 4.79 Å². The van der Waals surface area contributed by atoms with Crippen LogP contribution in [0.15, 0.2) is 18.2 Å². The number of hydrogen-bond donors (Lipinski definition) is 1. The number of halogens is 1. The van der Waals surface area contributed by atoms with E-state index in [4.69, 9.17) is 23.8 Å². The Kier molecular flexibility index (Phi) is 6.50. The van der Waals surface area contributed by atoms with Gasteiger partial charge in [-0.25, -0.2) is 0 Å². The number of nitrogens with zero attached hydrogens (tertiary/aromatic N) is 2. The molecule has 1 amide bonds. The standard InChI is InChI=1S/C15H20ClN3OS2/c1-11-3-4-13(12(16)9-11)17-14(20)10-22-15(21)19-7-5-18(2)6-8-19/h3-4,9H,5-8,10H2,1-2H3,(H,17,20). The van der Waals surface area contributed by atoms with Crippen LogP contribution in [0.25, 0.3) is 0 Å². The summed E-state index contributed by atoms with van der Waals surface area (Å²) in [6.07, 6.45) is 0. The van der Waals surface area contributed by atoms with Crippen LogP contribution >= 0.6 is 35.6 Å². The normalized spacial score (nSPS) is 15.7. The maximum Gasteiger partial charge on any atom is 0.234 e. The number of hydrogen-bond acceptors (Lipinski definition) is 4. The second-order valence-electron chi connectivity index (χ2n) is 5.38. The Bertz CT molecular complexity index is 560. The van der Waals surface area contributed by atoms with Crippen molar-refractivity contribution in [3.63, 3.8) is 0 Å². The lowest BCUT2D eigenvalue weighted by molar-refractivity contribution is -0.113. The van der Waals surface area contributed by atoms with Crippen LogP contribution < -0.4 is 5.32 Å². The van der Waals surface area contributed by atoms with Gasteiger partial charge in [-0.2, -0.15) is 0 Å². The summed E-state index contributed by atoms with van der Waals surface area (Å²) in [6, 6.07) is 5.57. The van der Waals surface area contributed by atoms with E-state index < -0.39 is 0 Å². The van der Waals surface area contributed by atoms with Gasteiger partial charge in [0.15, 0.2) is 0 Å². The van der Waals surface area contributed by atoms with Gasteiger partial charge in [-0.3, -0.25) is 4.79 Å². The molecule has 7 heteroatoms. The molecule has 1 aliphatic rings. The zero-order chi connectivity index (χ0) is 16.1. The molecule has 1 heterocycles. The fraction of sp³-hybridized carbons (Fsp3) is 0.467. The predicted octanol–water partition coefficient (Wildman–Crippen LogP) is 2.85. The number of likely N-dealkylation sites (N-methyl/N-ethyl adjacent to an activating group) is 1. The maximum atomic E-state index is 12.0. The Balaban J connectivity index is 1.79. The van der Waals surface area contributed by atoms with Crippen molar-refractivity contribution in [2.45, 2.75) is 6.92 Å². The number of rotatable bonds is 3. The predicted molar refractivity (Wildman–Crippen MR) is 98.9 cm³/mol. The lowest BCUT2D eigenvalue weighted by Crippen LogP contribution is -2.46. The van der Waals surface area contributed by atoms with Gasteiger partial charge in [-0.1, -0.05) is 41.6 Å². The summed E-state index contributed by atoms with van der Waals surface area (Å²) in [6.45, 7) is 5.82. The summed E-state index contributed by atoms with van der Waals surface area (Å²) in [5.41, 5.74) is 1.71. The van der Waals surface area contributed by atoms with Gasteiger partial charge in [-0.05, 0) is 31.7 Å². The Morgan fingerprint density at radius 1 is 1.36 bits per heavy atom. The molecule has 120 valence electrons. The van der Waals surface area contributed by atoms with E-state index in [-0.39, 0.29) is 5.91 Å². The van der Waals surface area contributed by atoms with Gasteiger partial charge in [0, 0.05) is 26.2 Å². The van der Waals surface area contributed by atoms with E-state index in [2.05, 4.69) is 22.2 Å². The van der Waals surface area contributed by atoms with Crippen molar-refractivity contribution in [2.75, 3.05) is 44.3 Å². The molecule has 1 aromatic rings. The Labute approximate surface area is 146 Å². The average Bonchev–Trinajstić information content (AvgIpc) is 2.48. The molecule has 0 saturated carbocycles. The second-order valence-corrected chi connectivity index (χ2v) is 7.39. The topological polar surface area (TPSA) is 35.6 Å². The van der Waals surface area contributed by atoms with E-state index in [0.717, 1.165) is 36.1 Å². The van der Waals surface area contributed by atoms with Gasteiger partial charge < -0.3 is 15.1 Å². The molecular weight excluding hydrogens is 338 g/mol. The second kappa shape index (κ2) is 8.15. The summed E-state index contributed by atoms with van der Waals surface area (Å²) >= 11 is 12.9. The van der Waals surface area contributed by atoms with Crippen molar-refractivity contribution in [2.24, 2.45) is 0 Å². The molecule has 0 aromatic heterocycles. The third-order valence-electron chi connectivity index (χ3n) is 3.49. The molecule has 2 rings (SSSR count). The van der Waals surface area contributed by atoms with Crippen molar-refractivity contribution in [3.8, 4) is 0 Å². The highest BCUT2D eigenvalue weighted by Crippen LogP contribution is 2.23. The summed E-state index contributed by atoms with van der Waals surface area (Å²) in [5.74, 6) is 0.210. The van der Waals surface area contributed by atoms with Crippen LogP contribution in [0.1, 0.15) is 5.56 Å². The van der Waals surface area contributed by atoms with Crippen LogP contribution in [0.5, 0.6) is 0 Å². The molecule has 0 radical (unpaired) electrons. The highest BCUT2D eigenvalue weighted by molar-refractivity contribution is 8.23. The fourth-order valence-corrected chi connectivity index (χ4v) is 3.45. The largest absolute Gasteiger partial charge is 0.355 e. The molecule has 4 nitrogen and oxygen atoms in total. The minimum atomic E-state index is -0.0905. The first-order valence-corrected chi connectivity index (χ1v) is 8.89. The Hall–Kier alpha value is -0.820. The van der Waals surface area contributed by atoms with E-state index in [0.29, 0.717) is 16.5 Å². The quantitative estimate of drug-likeness (QED) is 0.842. The molecule has 1 aromatic carbocycles. The molecule has 0 spiro atoms. The first kappa shape index (κ1) is 17.5. The van der Waals surface area contributed by atoms with E-state index in [1.54, 1.807) is 0 Å². The molecular formula is C15H20ClN3OS2. The minimum absolute atomic E-state index is 0.0905. The zero-order valence-corrected chi connectivity index (χ0v) is 15.2. The highest BCUT2D eigenvalue weighted by Gasteiger charge is 2.17. The van der Waals surface area contributed by atoms with E-state index >= 15 is 0 Å². The SMILES string of the molecule is Cc1ccc(NC(=O)CSC(=S)N2CCN(C)CC2)c(Cl)c1. The number of anilines is 1. The van der Waals surface area contributed by atoms with Crippen molar-refractivity contribution in [1.82, 2.24) is 9.80 Å². The number of carbonyl (C=O) groups excluding carboxylic acids is 1. The Morgan fingerprint density at radius 2 is 2.05 bits per heavy atom. The number of thioether (sulfide) groups is 1. The zero-order valence-electron chi connectivity index (χ0n) is 12.8. The first-order chi connectivity index (χ1) is 10.5. The van der Waals surface area contributed by atoms with Gasteiger partial charge in [0.2, 0.25) is 5.91 Å². The monoisotopic (exact) mass is 357 g/mol. The number of thiocarbonyl (C=S) groups is 1. The van der Waals surface area contributed by atoms with Crippen LogP contribution in [-0.4, -0.2) is 59.0 Å². The average molecular weight is 358 g/mol. The Morgan fingerprint density at radius 3 is 2.68 bits per heavy atom. The molecule has 0 atom stereocenters. The summed E-state index contributed by atoms with van der Waals surface area (Å²) < 4.78 is 0.790. The summed E-state index contributed by atoms with van der Waals surface area (Å²) in [4.78, 5) is 16.4. The molecule has 22 heavy (non-hydrogen) atoms. The number of carbonyl (C=O) groups is 1. The van der Waals surface area contributed by atoms with Crippen LogP contribution in [0, 0.1) is 6.92 Å². The van der Waals surface area contributed by atoms with Gasteiger partial charge in [0.05, 0.1) is 16.5 Å². The van der Waals surface area contributed by atoms with Crippen molar-refractivity contribution in [3.05, 3.63) is 28.8 Å². The van der Waals surface area contributed by atoms with Gasteiger partial charge in [-0.15, -0.1) is 0 Å². The molecule has 1 aliphatic heterocycles. The van der Waals surface area contributed by atoms with Crippen LogP contribution in [0.3, 0.4) is 0 Å². The molecule has 0 bridgehead atoms. The third kappa shape index (κ3) is 5.12. The first-order valence-electron chi connectivity index (χ1n) is 7.12. The number of nitrogens with one attached hydrogen (secondary N) is 1. The molecule has 1 fully saturated rings. The van der Waals surface area contributed by atoms with Crippen LogP contribution in [0.2, 0.25) is 5.02 Å². The number of amides is 1. The molecule has 0 aliphatic carbocycles. The fourth-order valence-electron chi connectivity index (χ4n) is 2.12. The highest BCUT2D eigenvalue weighted by atomic mass is 35.5. The van der Waals surface area contributed by atoms with Gasteiger partial charge in [0.1, 0.15) is 4.32 Å². The van der Waals surface area contributed by atoms with Crippen LogP contribution in [0.4, 0.5) is 5.69 Å². The molecule has 1 saturated heterocycles. The molecule has 1 N–H and O–H groups in total.